The summed E-state index contributed by atoms with van der Waals surface area (Å²) in [5.74, 6) is 1.65. The second-order valence-electron chi connectivity index (χ2n) is 3.31. The predicted molar refractivity (Wildman–Crippen MR) is 52.5 cm³/mol. The topological polar surface area (TPSA) is 60.9 Å². The Morgan fingerprint density at radius 2 is 2.33 bits per heavy atom. The zero-order chi connectivity index (χ0) is 10.8. The van der Waals surface area contributed by atoms with Crippen molar-refractivity contribution in [2.45, 2.75) is 13.3 Å². The lowest BCUT2D eigenvalue weighted by Gasteiger charge is -1.97. The van der Waals surface area contributed by atoms with E-state index >= 15 is 0 Å². The van der Waals surface area contributed by atoms with E-state index in [2.05, 4.69) is 10.1 Å². The third-order valence-corrected chi connectivity index (χ3v) is 2.14. The molecule has 5 heteroatoms. The van der Waals surface area contributed by atoms with Gasteiger partial charge >= 0.3 is 0 Å². The standard InChI is InChI=1S/C10H11N3O2/c1-7-3-4-9(15-7)8(14)5-10-11-6-12-13(10)2/h3-4,6H,5H2,1-2H3. The van der Waals surface area contributed by atoms with E-state index in [0.717, 1.165) is 5.76 Å². The molecule has 0 atom stereocenters. The van der Waals surface area contributed by atoms with Gasteiger partial charge in [0, 0.05) is 7.05 Å². The van der Waals surface area contributed by atoms with E-state index in [4.69, 9.17) is 4.42 Å². The lowest BCUT2D eigenvalue weighted by molar-refractivity contribution is 0.0961. The van der Waals surface area contributed by atoms with Gasteiger partial charge in [-0.05, 0) is 19.1 Å². The van der Waals surface area contributed by atoms with Gasteiger partial charge in [0.25, 0.3) is 0 Å². The Bertz CT molecular complexity index is 484. The second-order valence-corrected chi connectivity index (χ2v) is 3.31. The molecule has 0 radical (unpaired) electrons. The average Bonchev–Trinajstić information content (AvgIpc) is 2.77. The molecule has 0 bridgehead atoms. The molecule has 0 saturated heterocycles. The predicted octanol–water partition coefficient (Wildman–Crippen LogP) is 1.14. The first-order chi connectivity index (χ1) is 7.16. The number of Topliss-reactive ketones (excluding diaryl/α,β-unsaturated/α-hetero) is 1. The van der Waals surface area contributed by atoms with E-state index < -0.39 is 0 Å². The van der Waals surface area contributed by atoms with Crippen LogP contribution in [-0.2, 0) is 13.5 Å². The summed E-state index contributed by atoms with van der Waals surface area (Å²) in [6.07, 6.45) is 1.64. The van der Waals surface area contributed by atoms with E-state index in [-0.39, 0.29) is 12.2 Å². The minimum Gasteiger partial charge on any atom is -0.458 e. The lowest BCUT2D eigenvalue weighted by Crippen LogP contribution is -2.08. The highest BCUT2D eigenvalue weighted by molar-refractivity contribution is 5.94. The molecule has 0 aliphatic rings. The number of hydrogen-bond acceptors (Lipinski definition) is 4. The summed E-state index contributed by atoms with van der Waals surface area (Å²) in [5, 5.41) is 3.89. The molecule has 78 valence electrons. The molecule has 15 heavy (non-hydrogen) atoms. The van der Waals surface area contributed by atoms with Gasteiger partial charge in [-0.15, -0.1) is 0 Å². The van der Waals surface area contributed by atoms with Crippen molar-refractivity contribution in [1.29, 1.82) is 0 Å². The van der Waals surface area contributed by atoms with Gasteiger partial charge < -0.3 is 4.42 Å². The Kier molecular flexibility index (Phi) is 2.37. The molecular weight excluding hydrogens is 194 g/mol. The molecule has 0 N–H and O–H groups in total. The number of aromatic nitrogens is 3. The van der Waals surface area contributed by atoms with Crippen LogP contribution >= 0.6 is 0 Å². The molecule has 0 saturated carbocycles. The quantitative estimate of drug-likeness (QED) is 0.705. The first-order valence-electron chi connectivity index (χ1n) is 4.59. The van der Waals surface area contributed by atoms with Crippen LogP contribution in [0.25, 0.3) is 0 Å². The Morgan fingerprint density at radius 1 is 1.53 bits per heavy atom. The number of rotatable bonds is 3. The normalized spacial score (nSPS) is 10.5. The number of nitrogens with zero attached hydrogens (tertiary/aromatic N) is 3. The van der Waals surface area contributed by atoms with Crippen LogP contribution in [0.2, 0.25) is 0 Å². The van der Waals surface area contributed by atoms with Crippen LogP contribution in [0.5, 0.6) is 0 Å². The molecule has 0 amide bonds. The van der Waals surface area contributed by atoms with Crippen molar-refractivity contribution in [3.05, 3.63) is 35.8 Å². The van der Waals surface area contributed by atoms with E-state index in [1.54, 1.807) is 30.8 Å². The maximum absolute atomic E-state index is 11.7. The van der Waals surface area contributed by atoms with Crippen LogP contribution in [0.15, 0.2) is 22.9 Å². The lowest BCUT2D eigenvalue weighted by atomic mass is 10.2. The Morgan fingerprint density at radius 3 is 2.87 bits per heavy atom. The Balaban J connectivity index is 2.14. The molecular formula is C10H11N3O2. The summed E-state index contributed by atoms with van der Waals surface area (Å²) in [6.45, 7) is 1.80. The molecule has 2 rings (SSSR count). The Hall–Kier alpha value is -1.91. The number of ketones is 1. The maximum atomic E-state index is 11.7. The van der Waals surface area contributed by atoms with Crippen LogP contribution in [0.1, 0.15) is 22.1 Å². The molecule has 0 aromatic carbocycles. The van der Waals surface area contributed by atoms with Crippen molar-refractivity contribution >= 4 is 5.78 Å². The van der Waals surface area contributed by atoms with Crippen molar-refractivity contribution in [3.8, 4) is 0 Å². The van der Waals surface area contributed by atoms with Gasteiger partial charge in [-0.3, -0.25) is 9.48 Å². The van der Waals surface area contributed by atoms with Gasteiger partial charge in [-0.1, -0.05) is 0 Å². The summed E-state index contributed by atoms with van der Waals surface area (Å²) in [7, 11) is 1.75. The number of furan rings is 1. The van der Waals surface area contributed by atoms with Gasteiger partial charge in [0.2, 0.25) is 5.78 Å². The summed E-state index contributed by atoms with van der Waals surface area (Å²) in [4.78, 5) is 15.7. The molecule has 5 nitrogen and oxygen atoms in total. The Labute approximate surface area is 86.7 Å². The molecule has 0 aliphatic heterocycles. The molecule has 2 aromatic heterocycles. The largest absolute Gasteiger partial charge is 0.458 e. The van der Waals surface area contributed by atoms with Gasteiger partial charge in [0.1, 0.15) is 17.9 Å². The molecule has 2 aromatic rings. The number of carbonyl (C=O) groups is 1. The summed E-state index contributed by atoms with van der Waals surface area (Å²) in [6, 6.07) is 3.44. The monoisotopic (exact) mass is 205 g/mol. The van der Waals surface area contributed by atoms with Gasteiger partial charge in [-0.2, -0.15) is 5.10 Å². The molecule has 0 unspecified atom stereocenters. The SMILES string of the molecule is Cc1ccc(C(=O)Cc2ncnn2C)o1. The zero-order valence-corrected chi connectivity index (χ0v) is 8.60. The van der Waals surface area contributed by atoms with Crippen LogP contribution < -0.4 is 0 Å². The van der Waals surface area contributed by atoms with Crippen LogP contribution in [0, 0.1) is 6.92 Å². The van der Waals surface area contributed by atoms with Crippen molar-refractivity contribution in [2.75, 3.05) is 0 Å². The van der Waals surface area contributed by atoms with Gasteiger partial charge in [-0.25, -0.2) is 4.98 Å². The van der Waals surface area contributed by atoms with E-state index in [9.17, 15) is 4.79 Å². The fraction of sp³-hybridized carbons (Fsp3) is 0.300. The van der Waals surface area contributed by atoms with E-state index in [0.29, 0.717) is 11.6 Å². The highest BCUT2D eigenvalue weighted by atomic mass is 16.3. The fourth-order valence-electron chi connectivity index (χ4n) is 1.30. The summed E-state index contributed by atoms with van der Waals surface area (Å²) in [5.41, 5.74) is 0. The first kappa shape index (κ1) is 9.64. The molecule has 2 heterocycles. The van der Waals surface area contributed by atoms with Gasteiger partial charge in [0.05, 0.1) is 6.42 Å². The maximum Gasteiger partial charge on any atom is 0.205 e. The number of carbonyl (C=O) groups excluding carboxylic acids is 1. The summed E-state index contributed by atoms with van der Waals surface area (Å²) >= 11 is 0. The van der Waals surface area contributed by atoms with Crippen LogP contribution in [0.4, 0.5) is 0 Å². The number of hydrogen-bond donors (Lipinski definition) is 0. The van der Waals surface area contributed by atoms with Crippen molar-refractivity contribution < 1.29 is 9.21 Å². The third-order valence-electron chi connectivity index (χ3n) is 2.14. The third kappa shape index (κ3) is 1.96. The number of aryl methyl sites for hydroxylation is 2. The molecule has 0 spiro atoms. The van der Waals surface area contributed by atoms with Crippen LogP contribution in [0.3, 0.4) is 0 Å². The van der Waals surface area contributed by atoms with E-state index in [1.165, 1.54) is 6.33 Å². The van der Waals surface area contributed by atoms with Gasteiger partial charge in [0.15, 0.2) is 5.76 Å². The molecule has 0 aliphatic carbocycles. The fourth-order valence-corrected chi connectivity index (χ4v) is 1.30. The van der Waals surface area contributed by atoms with Crippen LogP contribution in [-0.4, -0.2) is 20.5 Å². The van der Waals surface area contributed by atoms with E-state index in [1.807, 2.05) is 0 Å². The minimum atomic E-state index is -0.0841. The zero-order valence-electron chi connectivity index (χ0n) is 8.60. The first-order valence-corrected chi connectivity index (χ1v) is 4.59. The summed E-state index contributed by atoms with van der Waals surface area (Å²) < 4.78 is 6.80. The van der Waals surface area contributed by atoms with Crippen molar-refractivity contribution in [3.63, 3.8) is 0 Å². The molecule has 0 fully saturated rings. The highest BCUT2D eigenvalue weighted by Crippen LogP contribution is 2.09. The van der Waals surface area contributed by atoms with Crippen molar-refractivity contribution in [2.24, 2.45) is 7.05 Å². The van der Waals surface area contributed by atoms with Crippen molar-refractivity contribution in [1.82, 2.24) is 14.8 Å². The second kappa shape index (κ2) is 3.68. The average molecular weight is 205 g/mol. The highest BCUT2D eigenvalue weighted by Gasteiger charge is 2.13. The smallest absolute Gasteiger partial charge is 0.205 e. The minimum absolute atomic E-state index is 0.0841.